The molecule has 1 heterocycles. The number of hydrogen-bond donors (Lipinski definition) is 3. The van der Waals surface area contributed by atoms with E-state index in [0.717, 1.165) is 33.8 Å². The molecule has 0 spiro atoms. The minimum atomic E-state index is -0.129. The molecule has 3 rings (SSSR count). The predicted octanol–water partition coefficient (Wildman–Crippen LogP) is 4.18. The van der Waals surface area contributed by atoms with Gasteiger partial charge in [0.05, 0.1) is 11.4 Å². The van der Waals surface area contributed by atoms with Crippen molar-refractivity contribution in [2.75, 3.05) is 22.9 Å². The molecule has 3 aromatic rings. The van der Waals surface area contributed by atoms with Gasteiger partial charge in [-0.25, -0.2) is 4.98 Å². The molecule has 0 aliphatic carbocycles. The molecule has 2 aromatic carbocycles. The third kappa shape index (κ3) is 7.51. The van der Waals surface area contributed by atoms with Crippen molar-refractivity contribution in [1.82, 2.24) is 10.3 Å². The van der Waals surface area contributed by atoms with Gasteiger partial charge in [-0.3, -0.25) is 14.4 Å². The SMILES string of the molecule is CC(=O)NCCc1ccc(-c2csc(NC(=O)CSc3ccc(NC(C)=O)cc3)n2)cc1. The van der Waals surface area contributed by atoms with Crippen LogP contribution in [0.2, 0.25) is 0 Å². The van der Waals surface area contributed by atoms with E-state index < -0.39 is 0 Å². The zero-order valence-corrected chi connectivity index (χ0v) is 19.4. The Morgan fingerprint density at radius 3 is 2.31 bits per heavy atom. The van der Waals surface area contributed by atoms with Gasteiger partial charge in [-0.15, -0.1) is 23.1 Å². The number of carbonyl (C=O) groups is 3. The Morgan fingerprint density at radius 1 is 0.938 bits per heavy atom. The van der Waals surface area contributed by atoms with Gasteiger partial charge in [0.1, 0.15) is 0 Å². The second-order valence-corrected chi connectivity index (χ2v) is 8.92. The number of thiazole rings is 1. The number of benzene rings is 2. The van der Waals surface area contributed by atoms with Crippen molar-refractivity contribution in [1.29, 1.82) is 0 Å². The van der Waals surface area contributed by atoms with Crippen LogP contribution in [-0.4, -0.2) is 35.0 Å². The molecule has 9 heteroatoms. The molecule has 0 saturated carbocycles. The summed E-state index contributed by atoms with van der Waals surface area (Å²) in [6.45, 7) is 3.58. The van der Waals surface area contributed by atoms with Crippen LogP contribution in [0.25, 0.3) is 11.3 Å². The van der Waals surface area contributed by atoms with Crippen molar-refractivity contribution in [3.8, 4) is 11.3 Å². The van der Waals surface area contributed by atoms with Crippen molar-refractivity contribution in [3.63, 3.8) is 0 Å². The Hall–Kier alpha value is -3.17. The maximum atomic E-state index is 12.3. The second-order valence-electron chi connectivity index (χ2n) is 7.01. The molecule has 0 atom stereocenters. The lowest BCUT2D eigenvalue weighted by atomic mass is 10.1. The lowest BCUT2D eigenvalue weighted by Gasteiger charge is -2.05. The molecule has 0 bridgehead atoms. The minimum absolute atomic E-state index is 0.0306. The molecular weight excluding hydrogens is 444 g/mol. The van der Waals surface area contributed by atoms with Gasteiger partial charge in [-0.2, -0.15) is 0 Å². The van der Waals surface area contributed by atoms with Crippen molar-refractivity contribution in [2.45, 2.75) is 25.2 Å². The number of aromatic nitrogens is 1. The van der Waals surface area contributed by atoms with Gasteiger partial charge in [-0.05, 0) is 36.2 Å². The summed E-state index contributed by atoms with van der Waals surface area (Å²) in [6, 6.07) is 15.4. The largest absolute Gasteiger partial charge is 0.356 e. The van der Waals surface area contributed by atoms with Crippen molar-refractivity contribution in [2.24, 2.45) is 0 Å². The Balaban J connectivity index is 1.48. The summed E-state index contributed by atoms with van der Waals surface area (Å²) in [5.74, 6) is -0.0187. The van der Waals surface area contributed by atoms with Crippen molar-refractivity contribution < 1.29 is 14.4 Å². The highest BCUT2D eigenvalue weighted by Gasteiger charge is 2.09. The first kappa shape index (κ1) is 23.5. The van der Waals surface area contributed by atoms with E-state index in [1.165, 1.54) is 36.9 Å². The monoisotopic (exact) mass is 468 g/mol. The number of nitrogens with zero attached hydrogens (tertiary/aromatic N) is 1. The summed E-state index contributed by atoms with van der Waals surface area (Å²) in [7, 11) is 0. The normalized spacial score (nSPS) is 10.4. The van der Waals surface area contributed by atoms with Crippen LogP contribution in [0.1, 0.15) is 19.4 Å². The van der Waals surface area contributed by atoms with Gasteiger partial charge >= 0.3 is 0 Å². The first-order chi connectivity index (χ1) is 15.4. The predicted molar refractivity (Wildman–Crippen MR) is 130 cm³/mol. The third-order valence-corrected chi connectivity index (χ3v) is 6.10. The fourth-order valence-electron chi connectivity index (χ4n) is 2.83. The molecule has 7 nitrogen and oxygen atoms in total. The molecule has 3 N–H and O–H groups in total. The molecule has 0 radical (unpaired) electrons. The van der Waals surface area contributed by atoms with Crippen LogP contribution in [-0.2, 0) is 20.8 Å². The smallest absolute Gasteiger partial charge is 0.236 e. The Bertz CT molecular complexity index is 1080. The molecular formula is C23H24N4O3S2. The van der Waals surface area contributed by atoms with Gasteiger partial charge in [0.25, 0.3) is 0 Å². The topological polar surface area (TPSA) is 100 Å². The van der Waals surface area contributed by atoms with Gasteiger partial charge in [0.15, 0.2) is 5.13 Å². The maximum absolute atomic E-state index is 12.3. The van der Waals surface area contributed by atoms with Gasteiger partial charge in [0.2, 0.25) is 17.7 Å². The van der Waals surface area contributed by atoms with Crippen LogP contribution in [0.15, 0.2) is 58.8 Å². The van der Waals surface area contributed by atoms with Crippen molar-refractivity contribution >= 4 is 51.6 Å². The van der Waals surface area contributed by atoms with E-state index in [4.69, 9.17) is 0 Å². The summed E-state index contributed by atoms with van der Waals surface area (Å²) < 4.78 is 0. The number of carbonyl (C=O) groups excluding carboxylic acids is 3. The van der Waals surface area contributed by atoms with Crippen LogP contribution in [0.4, 0.5) is 10.8 Å². The quantitative estimate of drug-likeness (QED) is 0.409. The summed E-state index contributed by atoms with van der Waals surface area (Å²) >= 11 is 2.80. The molecule has 0 aliphatic rings. The lowest BCUT2D eigenvalue weighted by molar-refractivity contribution is -0.119. The number of hydrogen-bond acceptors (Lipinski definition) is 6. The zero-order chi connectivity index (χ0) is 22.9. The molecule has 32 heavy (non-hydrogen) atoms. The average molecular weight is 469 g/mol. The van der Waals surface area contributed by atoms with E-state index in [0.29, 0.717) is 11.7 Å². The van der Waals surface area contributed by atoms with E-state index in [1.807, 2.05) is 41.8 Å². The van der Waals surface area contributed by atoms with Gasteiger partial charge in [-0.1, -0.05) is 24.3 Å². The molecule has 166 valence electrons. The fourth-order valence-corrected chi connectivity index (χ4v) is 4.27. The fraction of sp³-hybridized carbons (Fsp3) is 0.217. The Labute approximate surface area is 195 Å². The van der Waals surface area contributed by atoms with Crippen LogP contribution >= 0.6 is 23.1 Å². The number of nitrogens with one attached hydrogen (secondary N) is 3. The summed E-state index contributed by atoms with van der Waals surface area (Å²) in [4.78, 5) is 39.7. The van der Waals surface area contributed by atoms with Gasteiger partial charge in [0, 0.05) is 41.9 Å². The lowest BCUT2D eigenvalue weighted by Crippen LogP contribution is -2.22. The highest BCUT2D eigenvalue weighted by atomic mass is 32.2. The second kappa shape index (κ2) is 11.4. The van der Waals surface area contributed by atoms with E-state index in [1.54, 1.807) is 12.1 Å². The van der Waals surface area contributed by atoms with Crippen LogP contribution < -0.4 is 16.0 Å². The van der Waals surface area contributed by atoms with Crippen LogP contribution in [0.5, 0.6) is 0 Å². The van der Waals surface area contributed by atoms with E-state index in [2.05, 4.69) is 20.9 Å². The summed E-state index contributed by atoms with van der Waals surface area (Å²) in [6.07, 6.45) is 0.770. The Kier molecular flexibility index (Phi) is 8.41. The first-order valence-corrected chi connectivity index (χ1v) is 11.8. The molecule has 0 aliphatic heterocycles. The summed E-state index contributed by atoms with van der Waals surface area (Å²) in [5.41, 5.74) is 3.63. The molecule has 0 saturated heterocycles. The first-order valence-electron chi connectivity index (χ1n) is 9.98. The molecule has 0 unspecified atom stereocenters. The average Bonchev–Trinajstić information content (AvgIpc) is 3.21. The number of thioether (sulfide) groups is 1. The molecule has 0 fully saturated rings. The van der Waals surface area contributed by atoms with Crippen LogP contribution in [0, 0.1) is 0 Å². The molecule has 3 amide bonds. The van der Waals surface area contributed by atoms with E-state index in [-0.39, 0.29) is 23.5 Å². The number of rotatable bonds is 9. The van der Waals surface area contributed by atoms with E-state index in [9.17, 15) is 14.4 Å². The molecule has 1 aromatic heterocycles. The van der Waals surface area contributed by atoms with Gasteiger partial charge < -0.3 is 16.0 Å². The summed E-state index contributed by atoms with van der Waals surface area (Å²) in [5, 5.41) is 10.8. The third-order valence-electron chi connectivity index (χ3n) is 4.33. The number of amides is 3. The Morgan fingerprint density at radius 2 is 1.66 bits per heavy atom. The van der Waals surface area contributed by atoms with Crippen molar-refractivity contribution in [3.05, 3.63) is 59.5 Å². The zero-order valence-electron chi connectivity index (χ0n) is 17.8. The maximum Gasteiger partial charge on any atom is 0.236 e. The van der Waals surface area contributed by atoms with E-state index >= 15 is 0 Å². The highest BCUT2D eigenvalue weighted by molar-refractivity contribution is 8.00. The van der Waals surface area contributed by atoms with Crippen LogP contribution in [0.3, 0.4) is 0 Å². The standard InChI is InChI=1S/C23H24N4O3S2/c1-15(28)24-12-11-17-3-5-18(6-4-17)21-13-32-23(26-21)27-22(30)14-31-20-9-7-19(8-10-20)25-16(2)29/h3-10,13H,11-12,14H2,1-2H3,(H,24,28)(H,25,29)(H,26,27,30). The highest BCUT2D eigenvalue weighted by Crippen LogP contribution is 2.26. The minimum Gasteiger partial charge on any atom is -0.356 e. The number of anilines is 2.